The third-order valence-corrected chi connectivity index (χ3v) is 6.68. The molecule has 176 valence electrons. The molecule has 9 nitrogen and oxygen atoms in total. The zero-order chi connectivity index (χ0) is 23.7. The number of nitrogens with zero attached hydrogens (tertiary/aromatic N) is 3. The van der Waals surface area contributed by atoms with Gasteiger partial charge in [-0.15, -0.1) is 0 Å². The summed E-state index contributed by atoms with van der Waals surface area (Å²) in [6, 6.07) is 4.58. The van der Waals surface area contributed by atoms with Crippen LogP contribution in [0.1, 0.15) is 40.7 Å². The molecule has 2 aromatic heterocycles. The zero-order valence-electron chi connectivity index (χ0n) is 18.7. The number of methoxy groups -OCH3 is 1. The standard InChI is InChI=1S/C22H27FN6O3S/c1-11-4-5-13(23)12(8-11)22-28-18(20(25)33-22)21(30)27-15-9-26-29(2)19(15)16-7-6-14(24)17(31-3)10-32-16/h4-5,8-9,14,16-17H,6-7,10,24-25H2,1-3H3,(H,27,30)/t14?,16?,17-/m0/s1. The summed E-state index contributed by atoms with van der Waals surface area (Å²) in [4.78, 5) is 17.4. The third kappa shape index (κ3) is 4.76. The van der Waals surface area contributed by atoms with Crippen LogP contribution >= 0.6 is 11.3 Å². The van der Waals surface area contributed by atoms with E-state index in [2.05, 4.69) is 15.4 Å². The predicted octanol–water partition coefficient (Wildman–Crippen LogP) is 3.02. The number of aryl methyl sites for hydroxylation is 2. The molecule has 1 amide bonds. The molecule has 0 saturated carbocycles. The van der Waals surface area contributed by atoms with Gasteiger partial charge in [-0.25, -0.2) is 9.37 Å². The number of amides is 1. The highest BCUT2D eigenvalue weighted by molar-refractivity contribution is 7.19. The van der Waals surface area contributed by atoms with Crippen LogP contribution in [0.3, 0.4) is 0 Å². The molecule has 11 heteroatoms. The van der Waals surface area contributed by atoms with E-state index in [1.165, 1.54) is 6.07 Å². The average Bonchev–Trinajstić information content (AvgIpc) is 3.28. The van der Waals surface area contributed by atoms with Gasteiger partial charge in [0.05, 0.1) is 30.3 Å². The lowest BCUT2D eigenvalue weighted by Crippen LogP contribution is -2.37. The predicted molar refractivity (Wildman–Crippen MR) is 125 cm³/mol. The molecule has 33 heavy (non-hydrogen) atoms. The quantitative estimate of drug-likeness (QED) is 0.518. The number of carbonyl (C=O) groups is 1. The lowest BCUT2D eigenvalue weighted by Gasteiger charge is -2.19. The number of hydrogen-bond donors (Lipinski definition) is 3. The summed E-state index contributed by atoms with van der Waals surface area (Å²) >= 11 is 1.06. The minimum absolute atomic E-state index is 0.0361. The molecule has 3 aromatic rings. The fraction of sp³-hybridized carbons (Fsp3) is 0.409. The molecule has 1 aliphatic rings. The number of nitrogens with one attached hydrogen (secondary N) is 1. The summed E-state index contributed by atoms with van der Waals surface area (Å²) in [5.41, 5.74) is 14.7. The third-order valence-electron chi connectivity index (χ3n) is 5.76. The Balaban J connectivity index is 1.57. The summed E-state index contributed by atoms with van der Waals surface area (Å²) in [5, 5.41) is 7.67. The van der Waals surface area contributed by atoms with Crippen LogP contribution in [0.15, 0.2) is 24.4 Å². The topological polar surface area (TPSA) is 130 Å². The molecule has 3 heterocycles. The highest BCUT2D eigenvalue weighted by Crippen LogP contribution is 2.35. The summed E-state index contributed by atoms with van der Waals surface area (Å²) in [6.07, 6.45) is 2.39. The lowest BCUT2D eigenvalue weighted by atomic mass is 10.0. The van der Waals surface area contributed by atoms with Crippen LogP contribution in [0.25, 0.3) is 10.6 Å². The number of hydrogen-bond acceptors (Lipinski definition) is 8. The SMILES string of the molecule is CO[C@H]1COC(c2c(NC(=O)c3nc(-c4cc(C)ccc4F)sc3N)cnn2C)CCC1N. The van der Waals surface area contributed by atoms with Crippen molar-refractivity contribution in [2.75, 3.05) is 24.8 Å². The Kier molecular flexibility index (Phi) is 6.75. The van der Waals surface area contributed by atoms with Crippen LogP contribution in [0.2, 0.25) is 0 Å². The second kappa shape index (κ2) is 9.56. The second-order valence-electron chi connectivity index (χ2n) is 8.07. The summed E-state index contributed by atoms with van der Waals surface area (Å²) in [6.45, 7) is 2.19. The normalized spacial score (nSPS) is 21.1. The lowest BCUT2D eigenvalue weighted by molar-refractivity contribution is -0.0211. The molecule has 5 N–H and O–H groups in total. The number of carbonyl (C=O) groups excluding carboxylic acids is 1. The van der Waals surface area contributed by atoms with Crippen molar-refractivity contribution >= 4 is 27.9 Å². The number of rotatable bonds is 5. The van der Waals surface area contributed by atoms with E-state index in [0.29, 0.717) is 41.4 Å². The van der Waals surface area contributed by atoms with Crippen molar-refractivity contribution in [2.45, 2.75) is 38.0 Å². The monoisotopic (exact) mass is 474 g/mol. The number of ether oxygens (including phenoxy) is 2. The van der Waals surface area contributed by atoms with Crippen molar-refractivity contribution < 1.29 is 18.7 Å². The molecular formula is C22H27FN6O3S. The van der Waals surface area contributed by atoms with E-state index in [1.807, 2.05) is 6.92 Å². The van der Waals surface area contributed by atoms with Crippen LogP contribution in [0.4, 0.5) is 15.1 Å². The van der Waals surface area contributed by atoms with E-state index < -0.39 is 11.7 Å². The van der Waals surface area contributed by atoms with Crippen molar-refractivity contribution in [3.05, 3.63) is 47.2 Å². The smallest absolute Gasteiger partial charge is 0.277 e. The van der Waals surface area contributed by atoms with Gasteiger partial charge in [-0.3, -0.25) is 9.48 Å². The molecule has 3 atom stereocenters. The van der Waals surface area contributed by atoms with E-state index in [0.717, 1.165) is 16.9 Å². The number of aromatic nitrogens is 3. The van der Waals surface area contributed by atoms with Gasteiger partial charge >= 0.3 is 0 Å². The first-order valence-corrected chi connectivity index (χ1v) is 11.4. The Morgan fingerprint density at radius 3 is 2.94 bits per heavy atom. The minimum Gasteiger partial charge on any atom is -0.389 e. The van der Waals surface area contributed by atoms with Crippen molar-refractivity contribution in [3.8, 4) is 10.6 Å². The van der Waals surface area contributed by atoms with E-state index in [4.69, 9.17) is 20.9 Å². The maximum Gasteiger partial charge on any atom is 0.277 e. The van der Waals surface area contributed by atoms with Gasteiger partial charge in [-0.05, 0) is 31.9 Å². The molecule has 0 bridgehead atoms. The average molecular weight is 475 g/mol. The van der Waals surface area contributed by atoms with Crippen LogP contribution in [0.5, 0.6) is 0 Å². The molecule has 4 rings (SSSR count). The molecule has 0 spiro atoms. The Hall–Kier alpha value is -2.86. The fourth-order valence-corrected chi connectivity index (χ4v) is 4.77. The van der Waals surface area contributed by atoms with Gasteiger partial charge in [0.1, 0.15) is 21.9 Å². The largest absolute Gasteiger partial charge is 0.389 e. The van der Waals surface area contributed by atoms with Crippen LogP contribution in [0, 0.1) is 12.7 Å². The summed E-state index contributed by atoms with van der Waals surface area (Å²) in [5.74, 6) is -0.925. The van der Waals surface area contributed by atoms with Crippen LogP contribution in [-0.4, -0.2) is 46.5 Å². The highest BCUT2D eigenvalue weighted by Gasteiger charge is 2.30. The van der Waals surface area contributed by atoms with Gasteiger partial charge in [-0.2, -0.15) is 5.10 Å². The van der Waals surface area contributed by atoms with Crippen molar-refractivity contribution in [3.63, 3.8) is 0 Å². The maximum atomic E-state index is 14.3. The molecule has 0 radical (unpaired) electrons. The Labute approximate surface area is 194 Å². The van der Waals surface area contributed by atoms with E-state index in [9.17, 15) is 9.18 Å². The Morgan fingerprint density at radius 1 is 1.39 bits per heavy atom. The van der Waals surface area contributed by atoms with Crippen molar-refractivity contribution in [2.24, 2.45) is 12.8 Å². The summed E-state index contributed by atoms with van der Waals surface area (Å²) in [7, 11) is 3.39. The van der Waals surface area contributed by atoms with Gasteiger partial charge in [0, 0.05) is 25.8 Å². The highest BCUT2D eigenvalue weighted by atomic mass is 32.1. The molecule has 0 aliphatic carbocycles. The number of benzene rings is 1. The molecule has 1 saturated heterocycles. The molecule has 2 unspecified atom stereocenters. The first-order chi connectivity index (χ1) is 15.8. The van der Waals surface area contributed by atoms with Gasteiger partial charge in [0.25, 0.3) is 5.91 Å². The first kappa shape index (κ1) is 23.3. The fourth-order valence-electron chi connectivity index (χ4n) is 3.93. The minimum atomic E-state index is -0.502. The number of nitrogens with two attached hydrogens (primary N) is 2. The van der Waals surface area contributed by atoms with E-state index in [-0.39, 0.29) is 28.9 Å². The van der Waals surface area contributed by atoms with Gasteiger partial charge < -0.3 is 26.3 Å². The van der Waals surface area contributed by atoms with E-state index >= 15 is 0 Å². The maximum absolute atomic E-state index is 14.3. The molecule has 1 aliphatic heterocycles. The first-order valence-electron chi connectivity index (χ1n) is 10.5. The zero-order valence-corrected chi connectivity index (χ0v) is 19.5. The van der Waals surface area contributed by atoms with Gasteiger partial charge in [-0.1, -0.05) is 23.0 Å². The molecule has 1 aromatic carbocycles. The molecule has 1 fully saturated rings. The van der Waals surface area contributed by atoms with Crippen molar-refractivity contribution in [1.29, 1.82) is 0 Å². The number of halogens is 1. The van der Waals surface area contributed by atoms with Gasteiger partial charge in [0.15, 0.2) is 5.69 Å². The summed E-state index contributed by atoms with van der Waals surface area (Å²) < 4.78 is 27.4. The van der Waals surface area contributed by atoms with Gasteiger partial charge in [0.2, 0.25) is 0 Å². The Morgan fingerprint density at radius 2 is 2.18 bits per heavy atom. The van der Waals surface area contributed by atoms with Crippen LogP contribution in [-0.2, 0) is 16.5 Å². The van der Waals surface area contributed by atoms with Crippen LogP contribution < -0.4 is 16.8 Å². The second-order valence-corrected chi connectivity index (χ2v) is 9.10. The van der Waals surface area contributed by atoms with Crippen molar-refractivity contribution in [1.82, 2.24) is 14.8 Å². The Bertz CT molecular complexity index is 1160. The number of nitrogen functional groups attached to an aromatic ring is 1. The molecular weight excluding hydrogens is 447 g/mol. The number of thiazole rings is 1. The van der Waals surface area contributed by atoms with E-state index in [1.54, 1.807) is 37.2 Å². The number of anilines is 2.